The summed E-state index contributed by atoms with van der Waals surface area (Å²) < 4.78 is 10.2. The first-order valence-electron chi connectivity index (χ1n) is 3.90. The van der Waals surface area contributed by atoms with Crippen LogP contribution in [0.15, 0.2) is 21.2 Å². The molecule has 0 bridgehead atoms. The smallest absolute Gasteiger partial charge is 0.310 e. The average molecular weight is 264 g/mol. The predicted molar refractivity (Wildman–Crippen MR) is 51.7 cm³/mol. The highest BCUT2D eigenvalue weighted by Gasteiger charge is 2.09. The van der Waals surface area contributed by atoms with E-state index in [1.165, 1.54) is 0 Å². The lowest BCUT2D eigenvalue weighted by Gasteiger charge is -2.02. The van der Waals surface area contributed by atoms with E-state index in [-0.39, 0.29) is 5.76 Å². The van der Waals surface area contributed by atoms with Crippen LogP contribution in [-0.2, 0) is 9.57 Å². The minimum atomic E-state index is -0.424. The van der Waals surface area contributed by atoms with Crippen molar-refractivity contribution in [2.24, 2.45) is 0 Å². The van der Waals surface area contributed by atoms with Crippen LogP contribution in [0.4, 0.5) is 0 Å². The molecule has 0 aromatic carbocycles. The van der Waals surface area contributed by atoms with Crippen molar-refractivity contribution in [3.8, 4) is 0 Å². The second-order valence-corrected chi connectivity index (χ2v) is 3.16. The second-order valence-electron chi connectivity index (χ2n) is 2.38. The van der Waals surface area contributed by atoms with Crippen molar-refractivity contribution in [1.82, 2.24) is 5.48 Å². The van der Waals surface area contributed by atoms with Gasteiger partial charge in [-0.15, -0.1) is 0 Å². The molecule has 0 saturated heterocycles. The maximum atomic E-state index is 11.2. The van der Waals surface area contributed by atoms with Crippen LogP contribution in [0.2, 0.25) is 0 Å². The van der Waals surface area contributed by atoms with E-state index in [0.717, 1.165) is 0 Å². The summed E-state index contributed by atoms with van der Waals surface area (Å²) in [5.41, 5.74) is 2.21. The van der Waals surface area contributed by atoms with Gasteiger partial charge in [-0.25, -0.2) is 5.48 Å². The van der Waals surface area contributed by atoms with Crippen LogP contribution in [-0.4, -0.2) is 26.2 Å². The first-order valence-corrected chi connectivity index (χ1v) is 4.69. The van der Waals surface area contributed by atoms with E-state index in [1.54, 1.807) is 19.2 Å². The fourth-order valence-corrected chi connectivity index (χ4v) is 1.03. The van der Waals surface area contributed by atoms with Gasteiger partial charge in [0.25, 0.3) is 0 Å². The lowest BCUT2D eigenvalue weighted by atomic mass is 10.4. The molecular weight excluding hydrogens is 254 g/mol. The summed E-state index contributed by atoms with van der Waals surface area (Å²) in [6, 6.07) is 3.17. The Bertz CT molecular complexity index is 299. The Morgan fingerprint density at radius 3 is 2.93 bits per heavy atom. The van der Waals surface area contributed by atoms with Crippen LogP contribution in [0.5, 0.6) is 0 Å². The Labute approximate surface area is 89.4 Å². The third-order valence-electron chi connectivity index (χ3n) is 1.35. The number of nitrogens with one attached hydrogen (secondary N) is 1. The molecule has 0 unspecified atom stereocenters. The molecule has 78 valence electrons. The molecule has 0 atom stereocenters. The van der Waals surface area contributed by atoms with Gasteiger partial charge in [0.2, 0.25) is 0 Å². The van der Waals surface area contributed by atoms with Crippen molar-refractivity contribution in [3.63, 3.8) is 0 Å². The van der Waals surface area contributed by atoms with Crippen LogP contribution >= 0.6 is 15.9 Å². The maximum absolute atomic E-state index is 11.2. The standard InChI is InChI=1S/C8H10BrNO4/c1-12-4-5-13-10-8(11)6-2-3-7(9)14-6/h2-3H,4-5H2,1H3,(H,10,11). The normalized spacial score (nSPS) is 10.1. The highest BCUT2D eigenvalue weighted by molar-refractivity contribution is 9.10. The van der Waals surface area contributed by atoms with E-state index >= 15 is 0 Å². The predicted octanol–water partition coefficient (Wildman–Crippen LogP) is 1.35. The van der Waals surface area contributed by atoms with Crippen molar-refractivity contribution in [3.05, 3.63) is 22.6 Å². The van der Waals surface area contributed by atoms with Gasteiger partial charge in [0.15, 0.2) is 10.4 Å². The van der Waals surface area contributed by atoms with Gasteiger partial charge in [-0.05, 0) is 28.1 Å². The summed E-state index contributed by atoms with van der Waals surface area (Å²) >= 11 is 3.09. The molecule has 0 radical (unpaired) electrons. The van der Waals surface area contributed by atoms with E-state index < -0.39 is 5.91 Å². The van der Waals surface area contributed by atoms with Gasteiger partial charge in [-0.1, -0.05) is 0 Å². The first kappa shape index (κ1) is 11.2. The number of amides is 1. The monoisotopic (exact) mass is 263 g/mol. The van der Waals surface area contributed by atoms with E-state index in [0.29, 0.717) is 17.9 Å². The number of carbonyl (C=O) groups is 1. The number of carbonyl (C=O) groups excluding carboxylic acids is 1. The Hall–Kier alpha value is -0.850. The number of halogens is 1. The van der Waals surface area contributed by atoms with Gasteiger partial charge in [0.1, 0.15) is 0 Å². The number of furan rings is 1. The molecule has 1 aromatic heterocycles. The topological polar surface area (TPSA) is 60.7 Å². The summed E-state index contributed by atoms with van der Waals surface area (Å²) in [7, 11) is 1.55. The molecule has 0 aliphatic carbocycles. The minimum absolute atomic E-state index is 0.189. The fourth-order valence-electron chi connectivity index (χ4n) is 0.728. The highest BCUT2D eigenvalue weighted by Crippen LogP contribution is 2.13. The average Bonchev–Trinajstić information content (AvgIpc) is 2.59. The molecule has 1 rings (SSSR count). The third kappa shape index (κ3) is 3.49. The van der Waals surface area contributed by atoms with Gasteiger partial charge in [0.05, 0.1) is 13.2 Å². The lowest BCUT2D eigenvalue weighted by Crippen LogP contribution is -2.24. The summed E-state index contributed by atoms with van der Waals surface area (Å²) in [6.45, 7) is 0.715. The molecule has 1 heterocycles. The molecule has 0 fully saturated rings. The Morgan fingerprint density at radius 2 is 2.36 bits per heavy atom. The Balaban J connectivity index is 2.29. The molecular formula is C8H10BrNO4. The maximum Gasteiger partial charge on any atom is 0.310 e. The molecule has 1 aromatic rings. The number of rotatable bonds is 5. The number of methoxy groups -OCH3 is 1. The highest BCUT2D eigenvalue weighted by atomic mass is 79.9. The molecule has 1 amide bonds. The summed E-state index contributed by atoms with van der Waals surface area (Å²) in [6.07, 6.45) is 0. The largest absolute Gasteiger partial charge is 0.444 e. The SMILES string of the molecule is COCCONC(=O)c1ccc(Br)o1. The summed E-state index contributed by atoms with van der Waals surface area (Å²) in [4.78, 5) is 16.0. The fraction of sp³-hybridized carbons (Fsp3) is 0.375. The van der Waals surface area contributed by atoms with Crippen molar-refractivity contribution >= 4 is 21.8 Å². The lowest BCUT2D eigenvalue weighted by molar-refractivity contribution is 0.00726. The zero-order valence-corrected chi connectivity index (χ0v) is 9.17. The molecule has 14 heavy (non-hydrogen) atoms. The van der Waals surface area contributed by atoms with E-state index in [2.05, 4.69) is 21.4 Å². The zero-order chi connectivity index (χ0) is 10.4. The molecule has 1 N–H and O–H groups in total. The third-order valence-corrected chi connectivity index (χ3v) is 1.78. The van der Waals surface area contributed by atoms with Crippen LogP contribution < -0.4 is 5.48 Å². The van der Waals surface area contributed by atoms with E-state index in [1.807, 2.05) is 0 Å². The van der Waals surface area contributed by atoms with Crippen molar-refractivity contribution in [2.75, 3.05) is 20.3 Å². The zero-order valence-electron chi connectivity index (χ0n) is 7.58. The Morgan fingerprint density at radius 1 is 1.57 bits per heavy atom. The minimum Gasteiger partial charge on any atom is -0.444 e. The van der Waals surface area contributed by atoms with E-state index in [9.17, 15) is 4.79 Å². The van der Waals surface area contributed by atoms with Gasteiger partial charge in [-0.2, -0.15) is 0 Å². The molecule has 0 aliphatic rings. The van der Waals surface area contributed by atoms with Crippen LogP contribution in [0, 0.1) is 0 Å². The molecule has 0 aliphatic heterocycles. The first-order chi connectivity index (χ1) is 6.74. The van der Waals surface area contributed by atoms with E-state index in [4.69, 9.17) is 14.0 Å². The summed E-state index contributed by atoms with van der Waals surface area (Å²) in [5.74, 6) is -0.235. The van der Waals surface area contributed by atoms with Gasteiger partial charge < -0.3 is 9.15 Å². The number of hydrogen-bond acceptors (Lipinski definition) is 4. The van der Waals surface area contributed by atoms with Crippen LogP contribution in [0.3, 0.4) is 0 Å². The van der Waals surface area contributed by atoms with Gasteiger partial charge in [0, 0.05) is 7.11 Å². The van der Waals surface area contributed by atoms with Gasteiger partial charge in [-0.3, -0.25) is 9.63 Å². The number of ether oxygens (including phenoxy) is 1. The van der Waals surface area contributed by atoms with Crippen LogP contribution in [0.1, 0.15) is 10.6 Å². The molecule has 6 heteroatoms. The van der Waals surface area contributed by atoms with Gasteiger partial charge >= 0.3 is 5.91 Å². The summed E-state index contributed by atoms with van der Waals surface area (Å²) in [5, 5.41) is 0. The Kier molecular flexibility index (Phi) is 4.64. The van der Waals surface area contributed by atoms with Crippen molar-refractivity contribution in [2.45, 2.75) is 0 Å². The quantitative estimate of drug-likeness (QED) is 0.644. The number of hydroxylamine groups is 1. The van der Waals surface area contributed by atoms with Crippen molar-refractivity contribution < 1.29 is 18.8 Å². The second kappa shape index (κ2) is 5.79. The molecule has 5 nitrogen and oxygen atoms in total. The number of hydrogen-bond donors (Lipinski definition) is 1. The van der Waals surface area contributed by atoms with Crippen molar-refractivity contribution in [1.29, 1.82) is 0 Å². The van der Waals surface area contributed by atoms with Crippen LogP contribution in [0.25, 0.3) is 0 Å². The molecule has 0 spiro atoms. The molecule has 0 saturated carbocycles.